The zero-order chi connectivity index (χ0) is 16.4. The van der Waals surface area contributed by atoms with Gasteiger partial charge in [0.05, 0.1) is 5.69 Å². The van der Waals surface area contributed by atoms with Crippen LogP contribution in [0.2, 0.25) is 0 Å². The number of hydrogen-bond donors (Lipinski definition) is 0. The van der Waals surface area contributed by atoms with E-state index in [0.717, 1.165) is 8.45 Å². The van der Waals surface area contributed by atoms with Crippen molar-refractivity contribution in [2.75, 3.05) is 0 Å². The van der Waals surface area contributed by atoms with Crippen LogP contribution in [0.4, 0.5) is 0 Å². The number of nitrogens with zero attached hydrogens (tertiary/aromatic N) is 2. The number of benzene rings is 1. The lowest BCUT2D eigenvalue weighted by atomic mass is 10.1. The topological polar surface area (TPSA) is 69.0 Å². The van der Waals surface area contributed by atoms with Crippen LogP contribution in [0.5, 0.6) is 0 Å². The van der Waals surface area contributed by atoms with Crippen molar-refractivity contribution in [2.24, 2.45) is 0 Å². The van der Waals surface area contributed by atoms with Crippen molar-refractivity contribution in [1.29, 1.82) is 0 Å². The van der Waals surface area contributed by atoms with Gasteiger partial charge >= 0.3 is 0 Å². The van der Waals surface area contributed by atoms with E-state index in [1.807, 2.05) is 12.1 Å². The molecule has 0 aliphatic carbocycles. The van der Waals surface area contributed by atoms with E-state index in [4.69, 9.17) is 0 Å². The predicted molar refractivity (Wildman–Crippen MR) is 89.8 cm³/mol. The Morgan fingerprint density at radius 2 is 1.91 bits per heavy atom. The van der Waals surface area contributed by atoms with Crippen LogP contribution in [0.15, 0.2) is 70.4 Å². The number of pyridine rings is 1. The van der Waals surface area contributed by atoms with Crippen LogP contribution in [-0.2, 0) is 10.0 Å². The van der Waals surface area contributed by atoms with Crippen LogP contribution in [0, 0.1) is 0 Å². The van der Waals surface area contributed by atoms with E-state index in [9.17, 15) is 13.2 Å². The Balaban J connectivity index is 2.27. The molecular weight excluding hydrogens is 380 g/mol. The second kappa shape index (κ2) is 6.10. The third-order valence-corrected chi connectivity index (χ3v) is 5.63. The monoisotopic (exact) mass is 390 g/mol. The molecule has 0 spiro atoms. The molecule has 0 unspecified atom stereocenters. The van der Waals surface area contributed by atoms with Gasteiger partial charge in [-0.25, -0.2) is 12.4 Å². The lowest BCUT2D eigenvalue weighted by Gasteiger charge is -2.11. The highest BCUT2D eigenvalue weighted by molar-refractivity contribution is 9.10. The van der Waals surface area contributed by atoms with Gasteiger partial charge in [0, 0.05) is 34.2 Å². The van der Waals surface area contributed by atoms with Crippen LogP contribution < -0.4 is 0 Å². The van der Waals surface area contributed by atoms with Crippen molar-refractivity contribution in [1.82, 2.24) is 8.96 Å². The molecule has 116 valence electrons. The SMILES string of the molecule is O=Cc1cc(-c2ccccc2Br)n(S(=O)(=O)c2cccnc2)c1. The largest absolute Gasteiger partial charge is 0.298 e. The Labute approximate surface area is 141 Å². The van der Waals surface area contributed by atoms with E-state index in [-0.39, 0.29) is 10.5 Å². The molecule has 0 bridgehead atoms. The molecule has 0 fully saturated rings. The Bertz CT molecular complexity index is 966. The summed E-state index contributed by atoms with van der Waals surface area (Å²) in [7, 11) is -3.85. The molecule has 0 amide bonds. The molecule has 3 aromatic rings. The molecule has 23 heavy (non-hydrogen) atoms. The van der Waals surface area contributed by atoms with E-state index in [0.29, 0.717) is 17.5 Å². The molecule has 7 heteroatoms. The minimum Gasteiger partial charge on any atom is -0.298 e. The van der Waals surface area contributed by atoms with E-state index >= 15 is 0 Å². The Morgan fingerprint density at radius 1 is 1.13 bits per heavy atom. The van der Waals surface area contributed by atoms with E-state index < -0.39 is 10.0 Å². The van der Waals surface area contributed by atoms with Crippen molar-refractivity contribution < 1.29 is 13.2 Å². The molecule has 0 saturated carbocycles. The Hall–Kier alpha value is -2.25. The second-order valence-electron chi connectivity index (χ2n) is 4.75. The quantitative estimate of drug-likeness (QED) is 0.640. The van der Waals surface area contributed by atoms with Gasteiger partial charge in [0.1, 0.15) is 4.90 Å². The number of hydrogen-bond acceptors (Lipinski definition) is 4. The molecule has 0 atom stereocenters. The third-order valence-electron chi connectivity index (χ3n) is 3.28. The zero-order valence-electron chi connectivity index (χ0n) is 11.8. The highest BCUT2D eigenvalue weighted by Crippen LogP contribution is 2.31. The average Bonchev–Trinajstić information content (AvgIpc) is 3.01. The van der Waals surface area contributed by atoms with Crippen LogP contribution >= 0.6 is 15.9 Å². The molecular formula is C16H11BrN2O3S. The highest BCUT2D eigenvalue weighted by atomic mass is 79.9. The van der Waals surface area contributed by atoms with Crippen LogP contribution in [0.25, 0.3) is 11.3 Å². The minimum absolute atomic E-state index is 0.0568. The second-order valence-corrected chi connectivity index (χ2v) is 7.42. The van der Waals surface area contributed by atoms with Gasteiger partial charge in [-0.1, -0.05) is 34.1 Å². The molecule has 3 rings (SSSR count). The molecule has 0 aliphatic heterocycles. The normalized spacial score (nSPS) is 11.3. The summed E-state index contributed by atoms with van der Waals surface area (Å²) >= 11 is 3.41. The smallest absolute Gasteiger partial charge is 0.269 e. The first-order valence-corrected chi connectivity index (χ1v) is 8.85. The van der Waals surface area contributed by atoms with Crippen molar-refractivity contribution in [3.05, 3.63) is 71.1 Å². The first-order valence-electron chi connectivity index (χ1n) is 6.62. The van der Waals surface area contributed by atoms with Gasteiger partial charge in [0.25, 0.3) is 10.0 Å². The number of aldehydes is 1. The maximum Gasteiger partial charge on any atom is 0.269 e. The van der Waals surface area contributed by atoms with E-state index in [1.54, 1.807) is 24.3 Å². The molecule has 1 aromatic carbocycles. The first-order chi connectivity index (χ1) is 11.0. The van der Waals surface area contributed by atoms with E-state index in [2.05, 4.69) is 20.9 Å². The zero-order valence-corrected chi connectivity index (χ0v) is 14.2. The predicted octanol–water partition coefficient (Wildman–Crippen LogP) is 3.36. The standard InChI is InChI=1S/C16H11BrN2O3S/c17-15-6-2-1-5-14(15)16-8-12(11-20)10-19(16)23(21,22)13-4-3-7-18-9-13/h1-11H. The number of halogens is 1. The number of carbonyl (C=O) groups excluding carboxylic acids is 1. The molecule has 2 aromatic heterocycles. The summed E-state index contributed by atoms with van der Waals surface area (Å²) in [6, 6.07) is 11.8. The summed E-state index contributed by atoms with van der Waals surface area (Å²) in [5, 5.41) is 0. The fraction of sp³-hybridized carbons (Fsp3) is 0. The Kier molecular flexibility index (Phi) is 4.14. The number of aromatic nitrogens is 2. The number of rotatable bonds is 4. The van der Waals surface area contributed by atoms with Gasteiger partial charge in [-0.05, 0) is 24.3 Å². The molecule has 5 nitrogen and oxygen atoms in total. The van der Waals surface area contributed by atoms with Gasteiger partial charge in [0.2, 0.25) is 0 Å². The van der Waals surface area contributed by atoms with Gasteiger partial charge in [-0.15, -0.1) is 0 Å². The fourth-order valence-corrected chi connectivity index (χ4v) is 4.04. The lowest BCUT2D eigenvalue weighted by molar-refractivity contribution is 0.112. The summed E-state index contributed by atoms with van der Waals surface area (Å²) in [6.07, 6.45) is 4.71. The van der Waals surface area contributed by atoms with Gasteiger partial charge in [0.15, 0.2) is 6.29 Å². The maximum atomic E-state index is 12.9. The van der Waals surface area contributed by atoms with Crippen LogP contribution in [0.1, 0.15) is 10.4 Å². The fourth-order valence-electron chi connectivity index (χ4n) is 2.21. The molecule has 2 heterocycles. The van der Waals surface area contributed by atoms with Crippen molar-refractivity contribution in [2.45, 2.75) is 4.90 Å². The molecule has 0 saturated heterocycles. The van der Waals surface area contributed by atoms with E-state index in [1.165, 1.54) is 24.7 Å². The highest BCUT2D eigenvalue weighted by Gasteiger charge is 2.22. The molecule has 0 radical (unpaired) electrons. The number of carbonyl (C=O) groups is 1. The summed E-state index contributed by atoms with van der Waals surface area (Å²) in [4.78, 5) is 15.0. The summed E-state index contributed by atoms with van der Waals surface area (Å²) in [5.41, 5.74) is 1.36. The van der Waals surface area contributed by atoms with Crippen molar-refractivity contribution in [3.63, 3.8) is 0 Å². The Morgan fingerprint density at radius 3 is 2.57 bits per heavy atom. The summed E-state index contributed by atoms with van der Waals surface area (Å²) in [5.74, 6) is 0. The first kappa shape index (κ1) is 15.6. The maximum absolute atomic E-state index is 12.9. The summed E-state index contributed by atoms with van der Waals surface area (Å²) in [6.45, 7) is 0. The van der Waals surface area contributed by atoms with Crippen LogP contribution in [-0.4, -0.2) is 23.7 Å². The molecule has 0 aliphatic rings. The summed E-state index contributed by atoms with van der Waals surface area (Å²) < 4.78 is 27.6. The van der Waals surface area contributed by atoms with Crippen molar-refractivity contribution >= 4 is 32.2 Å². The van der Waals surface area contributed by atoms with Gasteiger partial charge in [-0.3, -0.25) is 9.78 Å². The minimum atomic E-state index is -3.85. The van der Waals surface area contributed by atoms with Crippen molar-refractivity contribution in [3.8, 4) is 11.3 Å². The van der Waals surface area contributed by atoms with Gasteiger partial charge < -0.3 is 0 Å². The lowest BCUT2D eigenvalue weighted by Crippen LogP contribution is -2.13. The molecule has 0 N–H and O–H groups in total. The average molecular weight is 391 g/mol. The van der Waals surface area contributed by atoms with Gasteiger partial charge in [-0.2, -0.15) is 0 Å². The third kappa shape index (κ3) is 2.85. The van der Waals surface area contributed by atoms with Crippen LogP contribution in [0.3, 0.4) is 0 Å².